The first-order valence-corrected chi connectivity index (χ1v) is 12.0. The molecule has 0 spiro atoms. The Morgan fingerprint density at radius 3 is 2.31 bits per heavy atom. The molecule has 0 aliphatic rings. The fourth-order valence-corrected chi connectivity index (χ4v) is 4.10. The number of sulfonamides is 1. The van der Waals surface area contributed by atoms with Crippen molar-refractivity contribution in [3.63, 3.8) is 0 Å². The van der Waals surface area contributed by atoms with Crippen molar-refractivity contribution in [3.05, 3.63) is 65.2 Å². The lowest BCUT2D eigenvalue weighted by atomic mass is 10.0. The summed E-state index contributed by atoms with van der Waals surface area (Å²) in [6.45, 7) is 6.61. The Kier molecular flexibility index (Phi) is 8.26. The number of para-hydroxylation sites is 1. The molecule has 0 aliphatic carbocycles. The second-order valence-corrected chi connectivity index (χ2v) is 9.51. The van der Waals surface area contributed by atoms with Crippen molar-refractivity contribution < 1.29 is 13.2 Å². The summed E-state index contributed by atoms with van der Waals surface area (Å²) in [6.07, 6.45) is 3.50. The smallest absolute Gasteiger partial charge is 0.240 e. The average molecular weight is 417 g/mol. The van der Waals surface area contributed by atoms with Crippen LogP contribution in [0.15, 0.2) is 48.5 Å². The Balaban J connectivity index is 1.90. The number of carbonyl (C=O) groups is 1. The third-order valence-corrected chi connectivity index (χ3v) is 6.07. The molecule has 0 radical (unpaired) electrons. The zero-order valence-corrected chi connectivity index (χ0v) is 18.6. The van der Waals surface area contributed by atoms with Crippen LogP contribution in [0.2, 0.25) is 0 Å². The largest absolute Gasteiger partial charge is 0.355 e. The predicted molar refractivity (Wildman–Crippen MR) is 120 cm³/mol. The number of rotatable bonds is 10. The van der Waals surface area contributed by atoms with E-state index >= 15 is 0 Å². The van der Waals surface area contributed by atoms with Gasteiger partial charge in [0.1, 0.15) is 6.54 Å². The van der Waals surface area contributed by atoms with Crippen molar-refractivity contribution in [1.82, 2.24) is 5.32 Å². The minimum absolute atomic E-state index is 0.209. The molecule has 0 fully saturated rings. The van der Waals surface area contributed by atoms with E-state index in [0.29, 0.717) is 24.6 Å². The van der Waals surface area contributed by atoms with Gasteiger partial charge in [0, 0.05) is 6.54 Å². The molecule has 6 heteroatoms. The third kappa shape index (κ3) is 6.89. The maximum Gasteiger partial charge on any atom is 0.240 e. The van der Waals surface area contributed by atoms with Gasteiger partial charge in [-0.05, 0) is 47.9 Å². The number of amides is 1. The Morgan fingerprint density at radius 1 is 1.07 bits per heavy atom. The van der Waals surface area contributed by atoms with Gasteiger partial charge < -0.3 is 5.32 Å². The van der Waals surface area contributed by atoms with Gasteiger partial charge in [0.25, 0.3) is 0 Å². The van der Waals surface area contributed by atoms with Crippen LogP contribution in [-0.4, -0.2) is 33.7 Å². The number of nitrogens with zero attached hydrogens (tertiary/aromatic N) is 1. The molecular weight excluding hydrogens is 384 g/mol. The van der Waals surface area contributed by atoms with Crippen molar-refractivity contribution >= 4 is 21.6 Å². The van der Waals surface area contributed by atoms with Crippen LogP contribution in [0.4, 0.5) is 5.69 Å². The molecule has 5 nitrogen and oxygen atoms in total. The molecule has 0 atom stereocenters. The minimum Gasteiger partial charge on any atom is -0.355 e. The van der Waals surface area contributed by atoms with Gasteiger partial charge in [0.2, 0.25) is 15.9 Å². The first-order chi connectivity index (χ1) is 13.7. The fraction of sp³-hybridized carbons (Fsp3) is 0.435. The van der Waals surface area contributed by atoms with E-state index in [1.54, 1.807) is 12.1 Å². The predicted octanol–water partition coefficient (Wildman–Crippen LogP) is 3.89. The Hall–Kier alpha value is -2.34. The summed E-state index contributed by atoms with van der Waals surface area (Å²) in [7, 11) is -3.56. The SMILES string of the molecule is CCc1ccccc1N(CC(=O)NCCCc1ccc(C(C)C)cc1)S(C)(=O)=O. The van der Waals surface area contributed by atoms with Crippen LogP contribution in [0, 0.1) is 0 Å². The highest BCUT2D eigenvalue weighted by Crippen LogP contribution is 2.23. The summed E-state index contributed by atoms with van der Waals surface area (Å²) in [6, 6.07) is 15.8. The van der Waals surface area contributed by atoms with Crippen LogP contribution in [0.1, 0.15) is 49.8 Å². The summed E-state index contributed by atoms with van der Waals surface area (Å²) in [5.74, 6) is 0.218. The number of aryl methyl sites for hydroxylation is 2. The Labute approximate surface area is 175 Å². The van der Waals surface area contributed by atoms with E-state index in [0.717, 1.165) is 24.7 Å². The Bertz CT molecular complexity index is 906. The standard InChI is InChI=1S/C23H32N2O3S/c1-5-20-10-6-7-11-22(20)25(29(4,27)28)17-23(26)24-16-8-9-19-12-14-21(15-13-19)18(2)3/h6-7,10-15,18H,5,8-9,16-17H2,1-4H3,(H,24,26). The molecule has 1 amide bonds. The van der Waals surface area contributed by atoms with Gasteiger partial charge >= 0.3 is 0 Å². The van der Waals surface area contributed by atoms with Crippen molar-refractivity contribution in [2.75, 3.05) is 23.7 Å². The van der Waals surface area contributed by atoms with Gasteiger partial charge in [0.05, 0.1) is 11.9 Å². The Morgan fingerprint density at radius 2 is 1.72 bits per heavy atom. The molecule has 158 valence electrons. The van der Waals surface area contributed by atoms with E-state index in [1.165, 1.54) is 15.4 Å². The summed E-state index contributed by atoms with van der Waals surface area (Å²) < 4.78 is 25.7. The zero-order valence-electron chi connectivity index (χ0n) is 17.8. The molecule has 0 heterocycles. The summed E-state index contributed by atoms with van der Waals surface area (Å²) in [4.78, 5) is 12.4. The van der Waals surface area contributed by atoms with Crippen LogP contribution < -0.4 is 9.62 Å². The number of nitrogens with one attached hydrogen (secondary N) is 1. The molecule has 0 bridgehead atoms. The van der Waals surface area contributed by atoms with Crippen molar-refractivity contribution in [2.24, 2.45) is 0 Å². The average Bonchev–Trinajstić information content (AvgIpc) is 2.69. The monoisotopic (exact) mass is 416 g/mol. The fourth-order valence-electron chi connectivity index (χ4n) is 3.21. The number of hydrogen-bond donors (Lipinski definition) is 1. The highest BCUT2D eigenvalue weighted by Gasteiger charge is 2.22. The highest BCUT2D eigenvalue weighted by atomic mass is 32.2. The van der Waals surface area contributed by atoms with Crippen LogP contribution >= 0.6 is 0 Å². The molecule has 0 unspecified atom stereocenters. The first-order valence-electron chi connectivity index (χ1n) is 10.1. The second kappa shape index (κ2) is 10.4. The van der Waals surface area contributed by atoms with E-state index in [9.17, 15) is 13.2 Å². The lowest BCUT2D eigenvalue weighted by molar-refractivity contribution is -0.119. The van der Waals surface area contributed by atoms with Gasteiger partial charge in [-0.2, -0.15) is 0 Å². The van der Waals surface area contributed by atoms with E-state index < -0.39 is 10.0 Å². The minimum atomic E-state index is -3.56. The number of carbonyl (C=O) groups excluding carboxylic acids is 1. The van der Waals surface area contributed by atoms with E-state index in [4.69, 9.17) is 0 Å². The van der Waals surface area contributed by atoms with E-state index in [2.05, 4.69) is 43.4 Å². The molecule has 0 aromatic heterocycles. The van der Waals surface area contributed by atoms with Crippen molar-refractivity contribution in [1.29, 1.82) is 0 Å². The van der Waals surface area contributed by atoms with Gasteiger partial charge in [-0.3, -0.25) is 9.10 Å². The van der Waals surface area contributed by atoms with Crippen molar-refractivity contribution in [3.8, 4) is 0 Å². The van der Waals surface area contributed by atoms with Gasteiger partial charge in [-0.1, -0.05) is 63.2 Å². The van der Waals surface area contributed by atoms with Gasteiger partial charge in [-0.15, -0.1) is 0 Å². The lowest BCUT2D eigenvalue weighted by Gasteiger charge is -2.24. The summed E-state index contributed by atoms with van der Waals surface area (Å²) >= 11 is 0. The topological polar surface area (TPSA) is 66.5 Å². The zero-order chi connectivity index (χ0) is 21.4. The molecule has 0 aliphatic heterocycles. The van der Waals surface area contributed by atoms with E-state index in [1.807, 2.05) is 19.1 Å². The number of anilines is 1. The molecular formula is C23H32N2O3S. The van der Waals surface area contributed by atoms with Crippen LogP contribution in [0.5, 0.6) is 0 Å². The molecule has 1 N–H and O–H groups in total. The third-order valence-electron chi connectivity index (χ3n) is 4.94. The molecule has 2 rings (SSSR count). The molecule has 0 saturated carbocycles. The lowest BCUT2D eigenvalue weighted by Crippen LogP contribution is -2.41. The van der Waals surface area contributed by atoms with Crippen LogP contribution in [-0.2, 0) is 27.7 Å². The molecule has 0 saturated heterocycles. The molecule has 2 aromatic carbocycles. The molecule has 29 heavy (non-hydrogen) atoms. The number of hydrogen-bond acceptors (Lipinski definition) is 3. The maximum absolute atomic E-state index is 12.4. The van der Waals surface area contributed by atoms with Crippen LogP contribution in [0.25, 0.3) is 0 Å². The molecule has 2 aromatic rings. The van der Waals surface area contributed by atoms with Gasteiger partial charge in [0.15, 0.2) is 0 Å². The van der Waals surface area contributed by atoms with Gasteiger partial charge in [-0.25, -0.2) is 8.42 Å². The van der Waals surface area contributed by atoms with E-state index in [-0.39, 0.29) is 12.5 Å². The van der Waals surface area contributed by atoms with Crippen LogP contribution in [0.3, 0.4) is 0 Å². The quantitative estimate of drug-likeness (QED) is 0.598. The highest BCUT2D eigenvalue weighted by molar-refractivity contribution is 7.92. The maximum atomic E-state index is 12.4. The first kappa shape index (κ1) is 22.9. The second-order valence-electron chi connectivity index (χ2n) is 7.60. The summed E-state index contributed by atoms with van der Waals surface area (Å²) in [5, 5.41) is 2.85. The van der Waals surface area contributed by atoms with Crippen molar-refractivity contribution in [2.45, 2.75) is 46.0 Å². The number of benzene rings is 2. The summed E-state index contributed by atoms with van der Waals surface area (Å²) in [5.41, 5.74) is 4.02. The normalized spacial score (nSPS) is 11.5.